The van der Waals surface area contributed by atoms with Crippen LogP contribution in [0, 0.1) is 0 Å². The number of carbonyl (C=O) groups is 1. The summed E-state index contributed by atoms with van der Waals surface area (Å²) in [5.74, 6) is 1.57. The predicted molar refractivity (Wildman–Crippen MR) is 117 cm³/mol. The molecule has 0 bridgehead atoms. The summed E-state index contributed by atoms with van der Waals surface area (Å²) in [7, 11) is 1.63. The van der Waals surface area contributed by atoms with E-state index in [2.05, 4.69) is 14.9 Å². The molecule has 0 aliphatic carbocycles. The minimum atomic E-state index is -0.431. The molecule has 2 aromatic carbocycles. The molecule has 8 heteroatoms. The van der Waals surface area contributed by atoms with E-state index in [0.29, 0.717) is 24.7 Å². The van der Waals surface area contributed by atoms with Gasteiger partial charge < -0.3 is 20.3 Å². The number of rotatable bonds is 4. The summed E-state index contributed by atoms with van der Waals surface area (Å²) >= 11 is 5.99. The van der Waals surface area contributed by atoms with Crippen molar-refractivity contribution in [2.24, 2.45) is 5.73 Å². The van der Waals surface area contributed by atoms with Gasteiger partial charge in [0.1, 0.15) is 17.9 Å². The Morgan fingerprint density at radius 2 is 1.83 bits per heavy atom. The molecule has 1 unspecified atom stereocenters. The van der Waals surface area contributed by atoms with Crippen molar-refractivity contribution in [1.82, 2.24) is 14.9 Å². The van der Waals surface area contributed by atoms with Crippen LogP contribution < -0.4 is 15.4 Å². The van der Waals surface area contributed by atoms with Gasteiger partial charge in [-0.2, -0.15) is 0 Å². The number of nitrogens with zero attached hydrogens (tertiary/aromatic N) is 4. The first-order valence-corrected chi connectivity index (χ1v) is 9.96. The maximum Gasteiger partial charge on any atom is 0.315 e. The number of nitrogens with two attached hydrogens (primary N) is 1. The normalized spacial score (nSPS) is 16.4. The maximum atomic E-state index is 12.0. The van der Waals surface area contributed by atoms with Gasteiger partial charge in [-0.1, -0.05) is 35.9 Å². The molecular formula is C22H22ClN5O2. The van der Waals surface area contributed by atoms with Crippen molar-refractivity contribution in [2.75, 3.05) is 31.6 Å². The smallest absolute Gasteiger partial charge is 0.315 e. The zero-order valence-electron chi connectivity index (χ0n) is 16.5. The second-order valence-corrected chi connectivity index (χ2v) is 7.47. The number of methoxy groups -OCH3 is 1. The summed E-state index contributed by atoms with van der Waals surface area (Å²) in [6.45, 7) is 1.71. The molecule has 1 saturated heterocycles. The van der Waals surface area contributed by atoms with Crippen molar-refractivity contribution >= 4 is 23.4 Å². The van der Waals surface area contributed by atoms with Gasteiger partial charge in [-0.05, 0) is 29.8 Å². The lowest BCUT2D eigenvalue weighted by Crippen LogP contribution is -2.52. The number of halogens is 1. The largest absolute Gasteiger partial charge is 0.497 e. The van der Waals surface area contributed by atoms with Crippen LogP contribution in [0.4, 0.5) is 10.6 Å². The SMILES string of the molecule is COc1ccc(C2CN(c3cc(-c4ccc(Cl)cc4)ncn3)CCN2C(N)=O)cc1. The number of anilines is 1. The van der Waals surface area contributed by atoms with E-state index in [0.717, 1.165) is 28.4 Å². The molecule has 4 rings (SSSR count). The number of piperazine rings is 1. The van der Waals surface area contributed by atoms with Crippen molar-refractivity contribution in [1.29, 1.82) is 0 Å². The van der Waals surface area contributed by atoms with E-state index in [1.807, 2.05) is 54.6 Å². The Morgan fingerprint density at radius 1 is 1.10 bits per heavy atom. The fourth-order valence-electron chi connectivity index (χ4n) is 3.66. The minimum absolute atomic E-state index is 0.184. The number of hydrogen-bond acceptors (Lipinski definition) is 5. The molecule has 2 N–H and O–H groups in total. The van der Waals surface area contributed by atoms with Crippen LogP contribution in [-0.2, 0) is 0 Å². The van der Waals surface area contributed by atoms with Crippen LogP contribution in [0.15, 0.2) is 60.9 Å². The fraction of sp³-hybridized carbons (Fsp3) is 0.227. The minimum Gasteiger partial charge on any atom is -0.497 e. The molecular weight excluding hydrogens is 402 g/mol. The van der Waals surface area contributed by atoms with Crippen molar-refractivity contribution in [3.8, 4) is 17.0 Å². The third-order valence-electron chi connectivity index (χ3n) is 5.28. The van der Waals surface area contributed by atoms with Gasteiger partial charge >= 0.3 is 6.03 Å². The van der Waals surface area contributed by atoms with Crippen LogP contribution in [0.2, 0.25) is 5.02 Å². The average Bonchev–Trinajstić information content (AvgIpc) is 2.79. The standard InChI is InChI=1S/C22H22ClN5O2/c1-30-18-8-4-16(5-9-18)20-13-27(10-11-28(20)22(24)29)21-12-19(25-14-26-21)15-2-6-17(23)7-3-15/h2-9,12,14,20H,10-11,13H2,1H3,(H2,24,29). The zero-order valence-corrected chi connectivity index (χ0v) is 17.3. The molecule has 7 nitrogen and oxygen atoms in total. The Hall–Kier alpha value is -3.32. The molecule has 154 valence electrons. The fourth-order valence-corrected chi connectivity index (χ4v) is 3.79. The molecule has 0 spiro atoms. The van der Waals surface area contributed by atoms with Gasteiger partial charge in [0.2, 0.25) is 0 Å². The first-order valence-electron chi connectivity index (χ1n) is 9.58. The van der Waals surface area contributed by atoms with Crippen LogP contribution in [0.5, 0.6) is 5.75 Å². The van der Waals surface area contributed by atoms with E-state index in [9.17, 15) is 4.79 Å². The summed E-state index contributed by atoms with van der Waals surface area (Å²) < 4.78 is 5.24. The van der Waals surface area contributed by atoms with E-state index in [1.165, 1.54) is 0 Å². The Balaban J connectivity index is 1.61. The number of benzene rings is 2. The molecule has 30 heavy (non-hydrogen) atoms. The Morgan fingerprint density at radius 3 is 2.50 bits per heavy atom. The average molecular weight is 424 g/mol. The molecule has 3 aromatic rings. The summed E-state index contributed by atoms with van der Waals surface area (Å²) in [4.78, 5) is 24.7. The van der Waals surface area contributed by atoms with E-state index in [-0.39, 0.29) is 6.04 Å². The van der Waals surface area contributed by atoms with Gasteiger partial charge in [0.25, 0.3) is 0 Å². The highest BCUT2D eigenvalue weighted by Crippen LogP contribution is 2.30. The monoisotopic (exact) mass is 423 g/mol. The second kappa shape index (κ2) is 8.59. The van der Waals surface area contributed by atoms with E-state index in [4.69, 9.17) is 22.1 Å². The second-order valence-electron chi connectivity index (χ2n) is 7.03. The Labute approximate surface area is 180 Å². The highest BCUT2D eigenvalue weighted by Gasteiger charge is 2.31. The van der Waals surface area contributed by atoms with Gasteiger partial charge in [0.05, 0.1) is 18.8 Å². The number of carbonyl (C=O) groups excluding carboxylic acids is 1. The summed E-state index contributed by atoms with van der Waals surface area (Å²) in [6.07, 6.45) is 1.56. The summed E-state index contributed by atoms with van der Waals surface area (Å²) in [5.41, 5.74) is 8.42. The van der Waals surface area contributed by atoms with Crippen molar-refractivity contribution in [2.45, 2.75) is 6.04 Å². The third-order valence-corrected chi connectivity index (χ3v) is 5.53. The predicted octanol–water partition coefficient (Wildman–Crippen LogP) is 3.75. The molecule has 1 aromatic heterocycles. The van der Waals surface area contributed by atoms with Crippen molar-refractivity contribution in [3.05, 3.63) is 71.5 Å². The quantitative estimate of drug-likeness (QED) is 0.690. The lowest BCUT2D eigenvalue weighted by atomic mass is 10.0. The molecule has 2 heterocycles. The molecule has 0 radical (unpaired) electrons. The van der Waals surface area contributed by atoms with Crippen molar-refractivity contribution in [3.63, 3.8) is 0 Å². The highest BCUT2D eigenvalue weighted by molar-refractivity contribution is 6.30. The van der Waals surface area contributed by atoms with Crippen LogP contribution in [0.3, 0.4) is 0 Å². The van der Waals surface area contributed by atoms with Gasteiger partial charge in [0.15, 0.2) is 0 Å². The first kappa shape index (κ1) is 20.0. The van der Waals surface area contributed by atoms with Crippen molar-refractivity contribution < 1.29 is 9.53 Å². The third kappa shape index (κ3) is 4.16. The number of primary amides is 1. The number of hydrogen-bond donors (Lipinski definition) is 1. The van der Waals surface area contributed by atoms with Crippen LogP contribution in [0.25, 0.3) is 11.3 Å². The van der Waals surface area contributed by atoms with Gasteiger partial charge in [-0.3, -0.25) is 0 Å². The zero-order chi connectivity index (χ0) is 21.1. The molecule has 1 aliphatic heterocycles. The lowest BCUT2D eigenvalue weighted by Gasteiger charge is -2.41. The van der Waals surface area contributed by atoms with Gasteiger partial charge in [0, 0.05) is 36.3 Å². The summed E-state index contributed by atoms with van der Waals surface area (Å²) in [6, 6.07) is 16.6. The van der Waals surface area contributed by atoms with Crippen LogP contribution in [-0.4, -0.2) is 47.6 Å². The molecule has 1 aliphatic rings. The lowest BCUT2D eigenvalue weighted by molar-refractivity contribution is 0.175. The van der Waals surface area contributed by atoms with E-state index < -0.39 is 6.03 Å². The number of ether oxygens (including phenoxy) is 1. The molecule has 1 fully saturated rings. The number of urea groups is 1. The first-order chi connectivity index (χ1) is 14.5. The maximum absolute atomic E-state index is 12.0. The molecule has 1 atom stereocenters. The number of amides is 2. The Bertz CT molecular complexity index is 1030. The topological polar surface area (TPSA) is 84.6 Å². The molecule has 2 amide bonds. The Kier molecular flexibility index (Phi) is 5.72. The van der Waals surface area contributed by atoms with E-state index in [1.54, 1.807) is 18.3 Å². The van der Waals surface area contributed by atoms with E-state index >= 15 is 0 Å². The highest BCUT2D eigenvalue weighted by atomic mass is 35.5. The van der Waals surface area contributed by atoms with Gasteiger partial charge in [-0.15, -0.1) is 0 Å². The van der Waals surface area contributed by atoms with Crippen LogP contribution >= 0.6 is 11.6 Å². The molecule has 0 saturated carbocycles. The van der Waals surface area contributed by atoms with Crippen LogP contribution in [0.1, 0.15) is 11.6 Å². The number of aromatic nitrogens is 2. The van der Waals surface area contributed by atoms with Gasteiger partial charge in [-0.25, -0.2) is 14.8 Å². The summed E-state index contributed by atoms with van der Waals surface area (Å²) in [5, 5.41) is 0.679.